The smallest absolute Gasteiger partial charge is 0.138 e. The molecule has 0 spiro atoms. The molecule has 0 bridgehead atoms. The Bertz CT molecular complexity index is 417. The number of carbonyl (C=O) groups excluding carboxylic acids is 1. The predicted molar refractivity (Wildman–Crippen MR) is 72.7 cm³/mol. The molecule has 2 heterocycles. The van der Waals surface area contributed by atoms with E-state index in [1.807, 2.05) is 13.0 Å². The third-order valence-electron chi connectivity index (χ3n) is 3.87. The maximum absolute atomic E-state index is 11.7. The van der Waals surface area contributed by atoms with Crippen LogP contribution in [0.5, 0.6) is 0 Å². The minimum atomic E-state index is 0.140. The van der Waals surface area contributed by atoms with Crippen molar-refractivity contribution in [1.29, 1.82) is 0 Å². The van der Waals surface area contributed by atoms with E-state index in [0.717, 1.165) is 10.9 Å². The lowest BCUT2D eigenvalue weighted by atomic mass is 9.89. The first-order valence-corrected chi connectivity index (χ1v) is 7.24. The zero-order chi connectivity index (χ0) is 12.6. The van der Waals surface area contributed by atoms with Crippen molar-refractivity contribution in [3.05, 3.63) is 21.3 Å². The Kier molecular flexibility index (Phi) is 3.91. The van der Waals surface area contributed by atoms with E-state index >= 15 is 0 Å². The Hall–Kier alpha value is -0.380. The van der Waals surface area contributed by atoms with Gasteiger partial charge in [-0.15, -0.1) is 11.3 Å². The van der Waals surface area contributed by atoms with Crippen LogP contribution in [0.2, 0.25) is 4.34 Å². The standard InChI is InChI=1S/C13H18ClNOS/c1-8-9(2)15(7-6-11(8)16)10(3)12-4-5-13(14)17-12/h4-5,8-10H,6-7H2,1-3H3. The van der Waals surface area contributed by atoms with Crippen LogP contribution in [0.25, 0.3) is 0 Å². The van der Waals surface area contributed by atoms with E-state index in [0.29, 0.717) is 24.3 Å². The zero-order valence-electron chi connectivity index (χ0n) is 10.4. The van der Waals surface area contributed by atoms with Crippen LogP contribution < -0.4 is 0 Å². The highest BCUT2D eigenvalue weighted by molar-refractivity contribution is 7.16. The number of ketones is 1. The maximum atomic E-state index is 11.7. The van der Waals surface area contributed by atoms with Crippen molar-refractivity contribution < 1.29 is 4.79 Å². The van der Waals surface area contributed by atoms with E-state index in [2.05, 4.69) is 24.8 Å². The fourth-order valence-electron chi connectivity index (χ4n) is 2.49. The van der Waals surface area contributed by atoms with Crippen molar-refractivity contribution in [1.82, 2.24) is 4.90 Å². The number of hydrogen-bond donors (Lipinski definition) is 0. The highest BCUT2D eigenvalue weighted by Gasteiger charge is 2.33. The van der Waals surface area contributed by atoms with Gasteiger partial charge in [-0.3, -0.25) is 9.69 Å². The first kappa shape index (κ1) is 13.1. The van der Waals surface area contributed by atoms with E-state index < -0.39 is 0 Å². The Morgan fingerprint density at radius 1 is 1.47 bits per heavy atom. The van der Waals surface area contributed by atoms with Crippen LogP contribution in [0, 0.1) is 5.92 Å². The molecule has 0 N–H and O–H groups in total. The summed E-state index contributed by atoms with van der Waals surface area (Å²) in [7, 11) is 0. The summed E-state index contributed by atoms with van der Waals surface area (Å²) in [6, 6.07) is 4.69. The number of likely N-dealkylation sites (tertiary alicyclic amines) is 1. The monoisotopic (exact) mass is 271 g/mol. The van der Waals surface area contributed by atoms with Crippen LogP contribution in [0.1, 0.15) is 38.1 Å². The lowest BCUT2D eigenvalue weighted by molar-refractivity contribution is -0.128. The van der Waals surface area contributed by atoms with Crippen molar-refractivity contribution in [3.8, 4) is 0 Å². The predicted octanol–water partition coefficient (Wildman–Crippen LogP) is 3.76. The van der Waals surface area contributed by atoms with Gasteiger partial charge >= 0.3 is 0 Å². The molecule has 1 aliphatic rings. The second-order valence-electron chi connectivity index (χ2n) is 4.80. The van der Waals surface area contributed by atoms with Crippen LogP contribution in [-0.4, -0.2) is 23.3 Å². The summed E-state index contributed by atoms with van der Waals surface area (Å²) in [6.45, 7) is 7.24. The summed E-state index contributed by atoms with van der Waals surface area (Å²) >= 11 is 7.61. The quantitative estimate of drug-likeness (QED) is 0.816. The van der Waals surface area contributed by atoms with Gasteiger partial charge in [-0.2, -0.15) is 0 Å². The minimum absolute atomic E-state index is 0.140. The Morgan fingerprint density at radius 3 is 2.76 bits per heavy atom. The third kappa shape index (κ3) is 2.56. The summed E-state index contributed by atoms with van der Waals surface area (Å²) in [5, 5.41) is 0. The number of thiophene rings is 1. The van der Waals surface area contributed by atoms with Gasteiger partial charge in [-0.25, -0.2) is 0 Å². The second-order valence-corrected chi connectivity index (χ2v) is 6.55. The Labute approximate surface area is 112 Å². The fourth-order valence-corrected chi connectivity index (χ4v) is 3.62. The number of rotatable bonds is 2. The molecule has 2 nitrogen and oxygen atoms in total. The number of piperidine rings is 1. The lowest BCUT2D eigenvalue weighted by Crippen LogP contribution is -2.47. The zero-order valence-corrected chi connectivity index (χ0v) is 12.0. The largest absolute Gasteiger partial charge is 0.299 e. The molecule has 1 fully saturated rings. The molecule has 4 heteroatoms. The van der Waals surface area contributed by atoms with Gasteiger partial charge in [-0.05, 0) is 26.0 Å². The molecule has 0 aliphatic carbocycles. The van der Waals surface area contributed by atoms with Crippen molar-refractivity contribution in [2.75, 3.05) is 6.54 Å². The summed E-state index contributed by atoms with van der Waals surface area (Å²) in [5.74, 6) is 0.534. The number of Topliss-reactive ketones (excluding diaryl/α,β-unsaturated/α-hetero) is 1. The van der Waals surface area contributed by atoms with E-state index in [-0.39, 0.29) is 5.92 Å². The Balaban J connectivity index is 2.14. The maximum Gasteiger partial charge on any atom is 0.138 e. The molecule has 1 aromatic rings. The first-order valence-electron chi connectivity index (χ1n) is 6.04. The normalized spacial score (nSPS) is 28.4. The molecule has 3 unspecified atom stereocenters. The van der Waals surface area contributed by atoms with Crippen LogP contribution in [0.15, 0.2) is 12.1 Å². The average molecular weight is 272 g/mol. The van der Waals surface area contributed by atoms with Gasteiger partial charge in [0.25, 0.3) is 0 Å². The summed E-state index contributed by atoms with van der Waals surface area (Å²) in [6.07, 6.45) is 0.676. The Morgan fingerprint density at radius 2 is 2.18 bits per heavy atom. The van der Waals surface area contributed by atoms with Gasteiger partial charge in [0.15, 0.2) is 0 Å². The van der Waals surface area contributed by atoms with E-state index in [9.17, 15) is 4.79 Å². The molecule has 0 saturated carbocycles. The number of carbonyl (C=O) groups is 1. The van der Waals surface area contributed by atoms with E-state index in [1.165, 1.54) is 4.88 Å². The highest BCUT2D eigenvalue weighted by Crippen LogP contribution is 2.34. The van der Waals surface area contributed by atoms with E-state index in [1.54, 1.807) is 11.3 Å². The van der Waals surface area contributed by atoms with Crippen LogP contribution >= 0.6 is 22.9 Å². The second kappa shape index (κ2) is 5.09. The van der Waals surface area contributed by atoms with Crippen molar-refractivity contribution >= 4 is 28.7 Å². The average Bonchev–Trinajstić information content (AvgIpc) is 2.72. The number of halogens is 1. The van der Waals surface area contributed by atoms with E-state index in [4.69, 9.17) is 11.6 Å². The van der Waals surface area contributed by atoms with Crippen LogP contribution in [-0.2, 0) is 4.79 Å². The number of hydrogen-bond acceptors (Lipinski definition) is 3. The molecule has 1 aromatic heterocycles. The molecule has 0 radical (unpaired) electrons. The molecule has 2 rings (SSSR count). The molecule has 0 aromatic carbocycles. The van der Waals surface area contributed by atoms with Crippen molar-refractivity contribution in [3.63, 3.8) is 0 Å². The van der Waals surface area contributed by atoms with Gasteiger partial charge in [0.1, 0.15) is 5.78 Å². The molecule has 1 saturated heterocycles. The van der Waals surface area contributed by atoms with Crippen molar-refractivity contribution in [2.45, 2.75) is 39.3 Å². The molecule has 3 atom stereocenters. The minimum Gasteiger partial charge on any atom is -0.299 e. The van der Waals surface area contributed by atoms with Gasteiger partial charge in [0.2, 0.25) is 0 Å². The first-order chi connectivity index (χ1) is 8.00. The van der Waals surface area contributed by atoms with Crippen LogP contribution in [0.4, 0.5) is 0 Å². The number of nitrogens with zero attached hydrogens (tertiary/aromatic N) is 1. The van der Waals surface area contributed by atoms with Gasteiger partial charge in [0, 0.05) is 35.8 Å². The molecular weight excluding hydrogens is 254 g/mol. The van der Waals surface area contributed by atoms with Gasteiger partial charge in [-0.1, -0.05) is 18.5 Å². The third-order valence-corrected chi connectivity index (χ3v) is 5.28. The van der Waals surface area contributed by atoms with Crippen LogP contribution in [0.3, 0.4) is 0 Å². The SMILES string of the molecule is CC1C(=O)CCN(C(C)c2ccc(Cl)s2)C1C. The summed E-state index contributed by atoms with van der Waals surface area (Å²) in [5.41, 5.74) is 0. The summed E-state index contributed by atoms with van der Waals surface area (Å²) in [4.78, 5) is 15.4. The topological polar surface area (TPSA) is 20.3 Å². The summed E-state index contributed by atoms with van der Waals surface area (Å²) < 4.78 is 0.834. The molecular formula is C13H18ClNOS. The van der Waals surface area contributed by atoms with Gasteiger partial charge < -0.3 is 0 Å². The van der Waals surface area contributed by atoms with Crippen molar-refractivity contribution in [2.24, 2.45) is 5.92 Å². The molecule has 94 valence electrons. The highest BCUT2D eigenvalue weighted by atomic mass is 35.5. The lowest BCUT2D eigenvalue weighted by Gasteiger charge is -2.40. The molecule has 1 aliphatic heterocycles. The fraction of sp³-hybridized carbons (Fsp3) is 0.615. The molecule has 17 heavy (non-hydrogen) atoms. The molecule has 0 amide bonds. The van der Waals surface area contributed by atoms with Gasteiger partial charge in [0.05, 0.1) is 4.34 Å².